The second-order valence-corrected chi connectivity index (χ2v) is 8.52. The number of nitrogens with zero attached hydrogens (tertiary/aromatic N) is 2. The molecule has 6 nitrogen and oxygen atoms in total. The van der Waals surface area contributed by atoms with Crippen molar-refractivity contribution in [2.45, 2.75) is 52.0 Å². The maximum absolute atomic E-state index is 12.6. The summed E-state index contributed by atoms with van der Waals surface area (Å²) in [6.07, 6.45) is 6.21. The second-order valence-electron chi connectivity index (χ2n) is 7.71. The summed E-state index contributed by atoms with van der Waals surface area (Å²) >= 11 is 10.9. The van der Waals surface area contributed by atoms with E-state index in [0.29, 0.717) is 28.1 Å². The molecule has 0 aromatic heterocycles. The number of benzene rings is 2. The predicted molar refractivity (Wildman–Crippen MR) is 133 cm³/mol. The Hall–Kier alpha value is -2.38. The molecule has 0 atom stereocenters. The Morgan fingerprint density at radius 2 is 1.68 bits per heavy atom. The first-order chi connectivity index (χ1) is 14.9. The zero-order valence-corrected chi connectivity index (χ0v) is 19.5. The van der Waals surface area contributed by atoms with E-state index < -0.39 is 6.03 Å². The van der Waals surface area contributed by atoms with Crippen LogP contribution in [0.1, 0.15) is 46.0 Å². The van der Waals surface area contributed by atoms with Gasteiger partial charge in [0.25, 0.3) is 0 Å². The summed E-state index contributed by atoms with van der Waals surface area (Å²) in [5, 5.41) is 6.14. The van der Waals surface area contributed by atoms with Gasteiger partial charge in [0.05, 0.1) is 16.4 Å². The lowest BCUT2D eigenvalue weighted by Gasteiger charge is -2.36. The van der Waals surface area contributed by atoms with Crippen molar-refractivity contribution < 1.29 is 9.59 Å². The lowest BCUT2D eigenvalue weighted by molar-refractivity contribution is -0.114. The molecule has 31 heavy (non-hydrogen) atoms. The SMILES string of the molecule is CCN(c1ccc(NC(=O)N(S)c2ccc(NC(C)=O)cc2)cc1Cl)C1CCCCC1. The van der Waals surface area contributed by atoms with Gasteiger partial charge in [0.1, 0.15) is 0 Å². The molecular weight excluding hydrogens is 432 g/mol. The van der Waals surface area contributed by atoms with E-state index in [9.17, 15) is 9.59 Å². The fraction of sp³-hybridized carbons (Fsp3) is 0.391. The monoisotopic (exact) mass is 460 g/mol. The Morgan fingerprint density at radius 3 is 2.26 bits per heavy atom. The molecule has 1 saturated carbocycles. The van der Waals surface area contributed by atoms with Crippen molar-refractivity contribution >= 4 is 59.1 Å². The van der Waals surface area contributed by atoms with Crippen molar-refractivity contribution in [1.29, 1.82) is 0 Å². The number of urea groups is 1. The molecule has 166 valence electrons. The Morgan fingerprint density at radius 1 is 1.03 bits per heavy atom. The molecule has 8 heteroatoms. The van der Waals surface area contributed by atoms with Crippen LogP contribution >= 0.6 is 24.4 Å². The Labute approximate surface area is 194 Å². The smallest absolute Gasteiger partial charge is 0.336 e. The number of thiol groups is 1. The van der Waals surface area contributed by atoms with Crippen LogP contribution in [0, 0.1) is 0 Å². The minimum atomic E-state index is -0.404. The summed E-state index contributed by atoms with van der Waals surface area (Å²) in [4.78, 5) is 26.1. The number of halogens is 1. The molecule has 1 aliphatic rings. The number of carbonyl (C=O) groups excluding carboxylic acids is 2. The molecule has 0 spiro atoms. The highest BCUT2D eigenvalue weighted by Crippen LogP contribution is 2.34. The number of carbonyl (C=O) groups is 2. The summed E-state index contributed by atoms with van der Waals surface area (Å²) in [6.45, 7) is 4.49. The summed E-state index contributed by atoms with van der Waals surface area (Å²) in [7, 11) is 0. The van der Waals surface area contributed by atoms with Crippen LogP contribution in [0.2, 0.25) is 5.02 Å². The number of hydrogen-bond acceptors (Lipinski definition) is 4. The number of rotatable bonds is 6. The average Bonchev–Trinajstić information content (AvgIpc) is 2.76. The third-order valence-corrected chi connectivity index (χ3v) is 6.20. The number of hydrogen-bond donors (Lipinski definition) is 3. The molecule has 1 aliphatic carbocycles. The molecule has 0 unspecified atom stereocenters. The summed E-state index contributed by atoms with van der Waals surface area (Å²) in [6, 6.07) is 12.6. The largest absolute Gasteiger partial charge is 0.368 e. The number of anilines is 4. The van der Waals surface area contributed by atoms with E-state index in [4.69, 9.17) is 11.6 Å². The normalized spacial score (nSPS) is 14.1. The van der Waals surface area contributed by atoms with Crippen molar-refractivity contribution in [1.82, 2.24) is 0 Å². The third-order valence-electron chi connectivity index (χ3n) is 5.49. The van der Waals surface area contributed by atoms with Gasteiger partial charge < -0.3 is 15.5 Å². The topological polar surface area (TPSA) is 64.7 Å². The van der Waals surface area contributed by atoms with E-state index in [-0.39, 0.29) is 5.91 Å². The van der Waals surface area contributed by atoms with Crippen LogP contribution in [0.5, 0.6) is 0 Å². The predicted octanol–water partition coefficient (Wildman–Crippen LogP) is 6.34. The standard InChI is InChI=1S/C23H29ClN4O2S/c1-3-27(19-7-5-4-6-8-19)22-14-11-18(15-21(22)24)26-23(30)28(31)20-12-9-17(10-13-20)25-16(2)29/h9-15,19,31H,3-8H2,1-2H3,(H,25,29)(H,26,30). The molecule has 0 radical (unpaired) electrons. The molecule has 2 aromatic rings. The first-order valence-corrected chi connectivity index (χ1v) is 11.4. The van der Waals surface area contributed by atoms with Gasteiger partial charge in [0.15, 0.2) is 0 Å². The van der Waals surface area contributed by atoms with Crippen LogP contribution in [0.3, 0.4) is 0 Å². The number of amides is 3. The van der Waals surface area contributed by atoms with Crippen molar-refractivity contribution in [2.24, 2.45) is 0 Å². The van der Waals surface area contributed by atoms with Gasteiger partial charge in [-0.05, 0) is 62.2 Å². The maximum Gasteiger partial charge on any atom is 0.336 e. The maximum atomic E-state index is 12.6. The van der Waals surface area contributed by atoms with Crippen LogP contribution in [-0.2, 0) is 4.79 Å². The highest BCUT2D eigenvalue weighted by atomic mass is 35.5. The van der Waals surface area contributed by atoms with E-state index in [1.807, 2.05) is 12.1 Å². The molecule has 0 bridgehead atoms. The van der Waals surface area contributed by atoms with Crippen LogP contribution in [0.15, 0.2) is 42.5 Å². The van der Waals surface area contributed by atoms with Crippen LogP contribution < -0.4 is 19.8 Å². The summed E-state index contributed by atoms with van der Waals surface area (Å²) in [5.74, 6) is -0.154. The first-order valence-electron chi connectivity index (χ1n) is 10.6. The van der Waals surface area contributed by atoms with E-state index in [1.165, 1.54) is 43.3 Å². The lowest BCUT2D eigenvalue weighted by Crippen LogP contribution is -2.36. The third kappa shape index (κ3) is 6.08. The molecule has 2 aromatic carbocycles. The Kier molecular flexibility index (Phi) is 8.09. The van der Waals surface area contributed by atoms with Crippen molar-refractivity contribution in [3.05, 3.63) is 47.5 Å². The molecule has 0 saturated heterocycles. The molecular formula is C23H29ClN4O2S. The Bertz CT molecular complexity index is 916. The molecule has 3 rings (SSSR count). The van der Waals surface area contributed by atoms with Crippen molar-refractivity contribution in [2.75, 3.05) is 26.4 Å². The second kappa shape index (κ2) is 10.8. The first kappa shape index (κ1) is 23.3. The van der Waals surface area contributed by atoms with Crippen LogP contribution in [0.25, 0.3) is 0 Å². The van der Waals surface area contributed by atoms with Gasteiger partial charge in [-0.15, -0.1) is 0 Å². The van der Waals surface area contributed by atoms with E-state index in [1.54, 1.807) is 30.3 Å². The van der Waals surface area contributed by atoms with Gasteiger partial charge in [-0.25, -0.2) is 9.10 Å². The van der Waals surface area contributed by atoms with Gasteiger partial charge >= 0.3 is 6.03 Å². The van der Waals surface area contributed by atoms with E-state index >= 15 is 0 Å². The van der Waals surface area contributed by atoms with Gasteiger partial charge in [0, 0.05) is 30.9 Å². The fourth-order valence-corrected chi connectivity index (χ4v) is 4.49. The molecule has 2 N–H and O–H groups in total. The molecule has 3 amide bonds. The quantitative estimate of drug-likeness (QED) is 0.440. The number of nitrogens with one attached hydrogen (secondary N) is 2. The van der Waals surface area contributed by atoms with Crippen molar-refractivity contribution in [3.8, 4) is 0 Å². The molecule has 1 fully saturated rings. The zero-order valence-electron chi connectivity index (χ0n) is 17.9. The minimum Gasteiger partial charge on any atom is -0.368 e. The van der Waals surface area contributed by atoms with Gasteiger partial charge in [-0.1, -0.05) is 43.7 Å². The van der Waals surface area contributed by atoms with Crippen LogP contribution in [-0.4, -0.2) is 24.5 Å². The van der Waals surface area contributed by atoms with E-state index in [0.717, 1.165) is 12.2 Å². The van der Waals surface area contributed by atoms with Gasteiger partial charge in [-0.3, -0.25) is 4.79 Å². The van der Waals surface area contributed by atoms with E-state index in [2.05, 4.69) is 35.3 Å². The van der Waals surface area contributed by atoms with Gasteiger partial charge in [-0.2, -0.15) is 0 Å². The fourth-order valence-electron chi connectivity index (χ4n) is 4.02. The highest BCUT2D eigenvalue weighted by molar-refractivity contribution is 7.82. The average molecular weight is 461 g/mol. The van der Waals surface area contributed by atoms with Gasteiger partial charge in [0.2, 0.25) is 5.91 Å². The highest BCUT2D eigenvalue weighted by Gasteiger charge is 2.22. The summed E-state index contributed by atoms with van der Waals surface area (Å²) < 4.78 is 1.21. The van der Waals surface area contributed by atoms with Crippen LogP contribution in [0.4, 0.5) is 27.5 Å². The summed E-state index contributed by atoms with van der Waals surface area (Å²) in [5.41, 5.74) is 2.84. The lowest BCUT2D eigenvalue weighted by atomic mass is 9.94. The zero-order chi connectivity index (χ0) is 22.4. The minimum absolute atomic E-state index is 0.154. The van der Waals surface area contributed by atoms with Crippen molar-refractivity contribution in [3.63, 3.8) is 0 Å². The molecule has 0 heterocycles. The molecule has 0 aliphatic heterocycles. The Balaban J connectivity index is 1.67.